The summed E-state index contributed by atoms with van der Waals surface area (Å²) in [5.41, 5.74) is 1.58. The van der Waals surface area contributed by atoms with Crippen LogP contribution < -0.4 is 0 Å². The molecule has 1 saturated heterocycles. The third-order valence-electron chi connectivity index (χ3n) is 6.02. The highest BCUT2D eigenvalue weighted by Crippen LogP contribution is 2.45. The van der Waals surface area contributed by atoms with Crippen LogP contribution in [0.3, 0.4) is 0 Å². The zero-order chi connectivity index (χ0) is 20.4. The van der Waals surface area contributed by atoms with Crippen LogP contribution in [0.4, 0.5) is 0 Å². The fourth-order valence-corrected chi connectivity index (χ4v) is 5.59. The first-order valence-corrected chi connectivity index (χ1v) is 11.7. The van der Waals surface area contributed by atoms with Crippen molar-refractivity contribution in [1.29, 1.82) is 0 Å². The molecule has 5 heteroatoms. The first kappa shape index (κ1) is 20.1. The van der Waals surface area contributed by atoms with E-state index in [4.69, 9.17) is 0 Å². The van der Waals surface area contributed by atoms with Gasteiger partial charge in [-0.25, -0.2) is 0 Å². The molecule has 2 atom stereocenters. The molecule has 2 aliphatic heterocycles. The van der Waals surface area contributed by atoms with E-state index in [1.807, 2.05) is 40.6 Å². The van der Waals surface area contributed by atoms with E-state index in [9.17, 15) is 9.59 Å². The molecule has 2 aliphatic rings. The highest BCUT2D eigenvalue weighted by Gasteiger charge is 2.45. The standard InChI is InChI=1S/C24H30N2O2S/c1-17(2)16-26-22(20-12-9-15-29-20)21(18-10-5-6-11-19(18)23(26)27)24(28)25-13-7-3-4-8-14-25/h5-6,9-12,15,17,21-22H,3-4,7-8,13-14,16H2,1-2H3/t21-,22+/m1/s1. The lowest BCUT2D eigenvalue weighted by atomic mass is 9.80. The van der Waals surface area contributed by atoms with Crippen molar-refractivity contribution in [1.82, 2.24) is 9.80 Å². The van der Waals surface area contributed by atoms with E-state index in [1.54, 1.807) is 11.3 Å². The summed E-state index contributed by atoms with van der Waals surface area (Å²) < 4.78 is 0. The van der Waals surface area contributed by atoms with Crippen molar-refractivity contribution in [3.8, 4) is 0 Å². The Morgan fingerprint density at radius 2 is 1.79 bits per heavy atom. The summed E-state index contributed by atoms with van der Waals surface area (Å²) in [7, 11) is 0. The van der Waals surface area contributed by atoms with Gasteiger partial charge in [-0.05, 0) is 41.8 Å². The van der Waals surface area contributed by atoms with Gasteiger partial charge in [0.25, 0.3) is 5.91 Å². The number of nitrogens with zero attached hydrogens (tertiary/aromatic N) is 2. The number of thiophene rings is 1. The Kier molecular flexibility index (Phi) is 6.04. The summed E-state index contributed by atoms with van der Waals surface area (Å²) in [5, 5.41) is 2.04. The summed E-state index contributed by atoms with van der Waals surface area (Å²) >= 11 is 1.64. The molecule has 3 heterocycles. The maximum atomic E-state index is 13.9. The molecule has 4 rings (SSSR count). The average Bonchev–Trinajstić information content (AvgIpc) is 3.10. The lowest BCUT2D eigenvalue weighted by Gasteiger charge is -2.43. The number of hydrogen-bond acceptors (Lipinski definition) is 3. The predicted octanol–water partition coefficient (Wildman–Crippen LogP) is 5.09. The van der Waals surface area contributed by atoms with Gasteiger partial charge in [0, 0.05) is 30.1 Å². The smallest absolute Gasteiger partial charge is 0.254 e. The topological polar surface area (TPSA) is 40.6 Å². The maximum Gasteiger partial charge on any atom is 0.254 e. The minimum atomic E-state index is -0.334. The molecule has 0 unspecified atom stereocenters. The molecular formula is C24H30N2O2S. The monoisotopic (exact) mass is 410 g/mol. The van der Waals surface area contributed by atoms with Crippen molar-refractivity contribution < 1.29 is 9.59 Å². The van der Waals surface area contributed by atoms with Crippen LogP contribution in [0, 0.1) is 5.92 Å². The Hall–Kier alpha value is -2.14. The predicted molar refractivity (Wildman–Crippen MR) is 117 cm³/mol. The van der Waals surface area contributed by atoms with Crippen LogP contribution in [0.25, 0.3) is 0 Å². The van der Waals surface area contributed by atoms with Gasteiger partial charge in [0.05, 0.1) is 12.0 Å². The minimum absolute atomic E-state index is 0.0487. The van der Waals surface area contributed by atoms with Crippen LogP contribution >= 0.6 is 11.3 Å². The second kappa shape index (κ2) is 8.70. The fourth-order valence-electron chi connectivity index (χ4n) is 4.72. The van der Waals surface area contributed by atoms with Gasteiger partial charge in [0.1, 0.15) is 0 Å². The first-order chi connectivity index (χ1) is 14.1. The van der Waals surface area contributed by atoms with E-state index in [0.29, 0.717) is 18.0 Å². The summed E-state index contributed by atoms with van der Waals surface area (Å²) in [6.07, 6.45) is 4.52. The Morgan fingerprint density at radius 3 is 2.45 bits per heavy atom. The SMILES string of the molecule is CC(C)CN1C(=O)c2ccccc2[C@@H](C(=O)N2CCCCCC2)[C@@H]1c1cccs1. The Balaban J connectivity index is 1.82. The molecule has 2 aromatic rings. The molecule has 154 valence electrons. The van der Waals surface area contributed by atoms with Crippen molar-refractivity contribution in [3.63, 3.8) is 0 Å². The molecular weight excluding hydrogens is 380 g/mol. The quantitative estimate of drug-likeness (QED) is 0.705. The number of carbonyl (C=O) groups is 2. The van der Waals surface area contributed by atoms with E-state index in [1.165, 1.54) is 12.8 Å². The summed E-state index contributed by atoms with van der Waals surface area (Å²) in [5.74, 6) is 0.228. The second-order valence-electron chi connectivity index (χ2n) is 8.62. The van der Waals surface area contributed by atoms with Gasteiger partial charge < -0.3 is 9.80 Å². The van der Waals surface area contributed by atoms with Crippen LogP contribution in [0.5, 0.6) is 0 Å². The normalized spacial score (nSPS) is 22.5. The molecule has 0 aliphatic carbocycles. The van der Waals surface area contributed by atoms with Gasteiger partial charge in [-0.2, -0.15) is 0 Å². The summed E-state index contributed by atoms with van der Waals surface area (Å²) in [6, 6.07) is 11.6. The largest absolute Gasteiger partial charge is 0.342 e. The number of fused-ring (bicyclic) bond motifs is 1. The van der Waals surface area contributed by atoms with Crippen LogP contribution in [0.1, 0.15) is 72.3 Å². The van der Waals surface area contributed by atoms with Crippen molar-refractivity contribution in [2.45, 2.75) is 51.5 Å². The van der Waals surface area contributed by atoms with Gasteiger partial charge in [-0.15, -0.1) is 11.3 Å². The van der Waals surface area contributed by atoms with Gasteiger partial charge in [-0.1, -0.05) is 51.0 Å². The van der Waals surface area contributed by atoms with Gasteiger partial charge >= 0.3 is 0 Å². The highest BCUT2D eigenvalue weighted by atomic mass is 32.1. The van der Waals surface area contributed by atoms with Crippen molar-refractivity contribution in [2.75, 3.05) is 19.6 Å². The zero-order valence-corrected chi connectivity index (χ0v) is 18.2. The number of hydrogen-bond donors (Lipinski definition) is 0. The fraction of sp³-hybridized carbons (Fsp3) is 0.500. The highest BCUT2D eigenvalue weighted by molar-refractivity contribution is 7.10. The summed E-state index contributed by atoms with van der Waals surface area (Å²) in [4.78, 5) is 32.5. The Bertz CT molecular complexity index is 854. The first-order valence-electron chi connectivity index (χ1n) is 10.8. The molecule has 1 aromatic carbocycles. The van der Waals surface area contributed by atoms with Gasteiger partial charge in [-0.3, -0.25) is 9.59 Å². The van der Waals surface area contributed by atoms with Crippen LogP contribution in [0.2, 0.25) is 0 Å². The molecule has 0 saturated carbocycles. The molecule has 1 fully saturated rings. The Labute approximate surface area is 177 Å². The van der Waals surface area contributed by atoms with E-state index >= 15 is 0 Å². The van der Waals surface area contributed by atoms with E-state index in [2.05, 4.69) is 24.8 Å². The molecule has 0 spiro atoms. The van der Waals surface area contributed by atoms with Crippen molar-refractivity contribution in [3.05, 3.63) is 57.8 Å². The van der Waals surface area contributed by atoms with Crippen LogP contribution in [-0.2, 0) is 4.79 Å². The van der Waals surface area contributed by atoms with Crippen molar-refractivity contribution >= 4 is 23.2 Å². The van der Waals surface area contributed by atoms with Crippen molar-refractivity contribution in [2.24, 2.45) is 5.92 Å². The van der Waals surface area contributed by atoms with E-state index < -0.39 is 0 Å². The number of benzene rings is 1. The average molecular weight is 411 g/mol. The summed E-state index contributed by atoms with van der Waals surface area (Å²) in [6.45, 7) is 6.56. The van der Waals surface area contributed by atoms with E-state index in [-0.39, 0.29) is 23.8 Å². The maximum absolute atomic E-state index is 13.9. The molecule has 1 aromatic heterocycles. The number of likely N-dealkylation sites (tertiary alicyclic amines) is 1. The van der Waals surface area contributed by atoms with Gasteiger partial charge in [0.2, 0.25) is 5.91 Å². The molecule has 0 radical (unpaired) electrons. The third-order valence-corrected chi connectivity index (χ3v) is 6.96. The van der Waals surface area contributed by atoms with Crippen LogP contribution in [0.15, 0.2) is 41.8 Å². The number of carbonyl (C=O) groups excluding carboxylic acids is 2. The van der Waals surface area contributed by atoms with E-state index in [0.717, 1.165) is 36.4 Å². The Morgan fingerprint density at radius 1 is 1.07 bits per heavy atom. The van der Waals surface area contributed by atoms with Gasteiger partial charge in [0.15, 0.2) is 0 Å². The molecule has 0 bridgehead atoms. The molecule has 0 N–H and O–H groups in total. The number of amides is 2. The second-order valence-corrected chi connectivity index (χ2v) is 9.60. The zero-order valence-electron chi connectivity index (χ0n) is 17.3. The lowest BCUT2D eigenvalue weighted by Crippen LogP contribution is -2.49. The lowest BCUT2D eigenvalue weighted by molar-refractivity contribution is -0.134. The number of rotatable bonds is 4. The molecule has 2 amide bonds. The third kappa shape index (κ3) is 3.97. The molecule has 29 heavy (non-hydrogen) atoms. The molecule has 4 nitrogen and oxygen atoms in total. The minimum Gasteiger partial charge on any atom is -0.342 e. The van der Waals surface area contributed by atoms with Crippen LogP contribution in [-0.4, -0.2) is 41.2 Å².